The zero-order chi connectivity index (χ0) is 16.2. The van der Waals surface area contributed by atoms with Crippen LogP contribution in [0.3, 0.4) is 0 Å². The second-order valence-corrected chi connectivity index (χ2v) is 6.98. The molecule has 4 rings (SSSR count). The summed E-state index contributed by atoms with van der Waals surface area (Å²) < 4.78 is 16.5. The van der Waals surface area contributed by atoms with Gasteiger partial charge in [-0.3, -0.25) is 4.40 Å². The highest BCUT2D eigenvalue weighted by Gasteiger charge is 2.51. The molecule has 3 nitrogen and oxygen atoms in total. The third-order valence-corrected chi connectivity index (χ3v) is 4.95. The van der Waals surface area contributed by atoms with Crippen LogP contribution in [0.2, 0.25) is 5.02 Å². The van der Waals surface area contributed by atoms with Crippen molar-refractivity contribution in [3.8, 4) is 0 Å². The van der Waals surface area contributed by atoms with Crippen molar-refractivity contribution >= 4 is 17.2 Å². The molecule has 0 bridgehead atoms. The Labute approximate surface area is 139 Å². The van der Waals surface area contributed by atoms with E-state index < -0.39 is 0 Å². The van der Waals surface area contributed by atoms with Crippen molar-refractivity contribution in [1.29, 1.82) is 0 Å². The van der Waals surface area contributed by atoms with Crippen LogP contribution >= 0.6 is 11.6 Å². The number of aromatic nitrogens is 3. The number of hydrogen-bond acceptors (Lipinski definition) is 2. The lowest BCUT2D eigenvalue weighted by atomic mass is 9.94. The molecule has 0 atom stereocenters. The van der Waals surface area contributed by atoms with Gasteiger partial charge < -0.3 is 0 Å². The molecule has 2 aromatic heterocycles. The largest absolute Gasteiger partial charge is 0.285 e. The summed E-state index contributed by atoms with van der Waals surface area (Å²) in [5.41, 5.74) is 2.28. The Balaban J connectivity index is 1.91. The maximum absolute atomic E-state index is 14.4. The Morgan fingerprint density at radius 1 is 1.22 bits per heavy atom. The van der Waals surface area contributed by atoms with Gasteiger partial charge in [-0.25, -0.2) is 4.39 Å². The van der Waals surface area contributed by atoms with Gasteiger partial charge in [0.25, 0.3) is 0 Å². The maximum atomic E-state index is 14.4. The number of pyridine rings is 1. The van der Waals surface area contributed by atoms with Crippen LogP contribution < -0.4 is 0 Å². The van der Waals surface area contributed by atoms with E-state index in [1.165, 1.54) is 6.07 Å². The van der Waals surface area contributed by atoms with Gasteiger partial charge in [-0.15, -0.1) is 10.2 Å². The molecular weight excluding hydrogens is 313 g/mol. The average molecular weight is 330 g/mol. The minimum absolute atomic E-state index is 0.272. The molecule has 0 amide bonds. The molecule has 2 heterocycles. The van der Waals surface area contributed by atoms with Gasteiger partial charge in [0.15, 0.2) is 5.65 Å². The molecule has 0 aliphatic heterocycles. The van der Waals surface area contributed by atoms with Crippen LogP contribution in [0.25, 0.3) is 5.65 Å². The molecule has 0 spiro atoms. The number of halogens is 2. The third kappa shape index (κ3) is 2.16. The predicted octanol–water partition coefficient (Wildman–Crippen LogP) is 4.73. The molecule has 3 aromatic rings. The van der Waals surface area contributed by atoms with E-state index in [2.05, 4.69) is 30.1 Å². The first kappa shape index (κ1) is 14.6. The van der Waals surface area contributed by atoms with E-state index in [0.29, 0.717) is 16.5 Å². The first-order valence-corrected chi connectivity index (χ1v) is 8.20. The molecule has 0 saturated heterocycles. The number of nitrogens with zero attached hydrogens (tertiary/aromatic N) is 3. The number of fused-ring (bicyclic) bond motifs is 1. The molecular formula is C18H17ClFN3. The quantitative estimate of drug-likeness (QED) is 0.695. The lowest BCUT2D eigenvalue weighted by Gasteiger charge is -2.15. The van der Waals surface area contributed by atoms with Crippen LogP contribution in [0.15, 0.2) is 36.5 Å². The highest BCUT2D eigenvalue weighted by atomic mass is 35.5. The Morgan fingerprint density at radius 2 is 2.00 bits per heavy atom. The second kappa shape index (κ2) is 5.03. The van der Waals surface area contributed by atoms with Gasteiger partial charge in [0.2, 0.25) is 0 Å². The van der Waals surface area contributed by atoms with Crippen molar-refractivity contribution in [3.05, 3.63) is 64.3 Å². The van der Waals surface area contributed by atoms with Crippen molar-refractivity contribution in [3.63, 3.8) is 0 Å². The molecule has 1 aromatic carbocycles. The molecule has 118 valence electrons. The van der Waals surface area contributed by atoms with E-state index in [9.17, 15) is 4.39 Å². The Hall–Kier alpha value is -1.94. The molecule has 0 N–H and O–H groups in total. The Bertz CT molecular complexity index is 896. The van der Waals surface area contributed by atoms with Gasteiger partial charge in [-0.05, 0) is 42.5 Å². The summed E-state index contributed by atoms with van der Waals surface area (Å²) in [6, 6.07) is 8.96. The van der Waals surface area contributed by atoms with Crippen molar-refractivity contribution in [2.75, 3.05) is 0 Å². The molecule has 1 aliphatic carbocycles. The Morgan fingerprint density at radius 3 is 2.65 bits per heavy atom. The minimum Gasteiger partial charge on any atom is -0.285 e. The van der Waals surface area contributed by atoms with Crippen LogP contribution in [-0.4, -0.2) is 14.6 Å². The second-order valence-electron chi connectivity index (χ2n) is 6.54. The van der Waals surface area contributed by atoms with Crippen LogP contribution in [0.1, 0.15) is 49.6 Å². The molecule has 1 fully saturated rings. The first-order valence-electron chi connectivity index (χ1n) is 7.82. The summed E-state index contributed by atoms with van der Waals surface area (Å²) in [6.07, 6.45) is 3.71. The fourth-order valence-corrected chi connectivity index (χ4v) is 3.49. The van der Waals surface area contributed by atoms with Gasteiger partial charge in [0.05, 0.1) is 5.41 Å². The van der Waals surface area contributed by atoms with E-state index in [0.717, 1.165) is 29.9 Å². The summed E-state index contributed by atoms with van der Waals surface area (Å²) in [6.45, 7) is 4.27. The number of rotatable bonds is 3. The third-order valence-electron chi connectivity index (χ3n) is 4.71. The van der Waals surface area contributed by atoms with E-state index in [4.69, 9.17) is 11.6 Å². The summed E-state index contributed by atoms with van der Waals surface area (Å²) in [5.74, 6) is 0.904. The monoisotopic (exact) mass is 329 g/mol. The smallest absolute Gasteiger partial charge is 0.164 e. The topological polar surface area (TPSA) is 30.2 Å². The molecule has 0 unspecified atom stereocenters. The fourth-order valence-electron chi connectivity index (χ4n) is 3.33. The maximum Gasteiger partial charge on any atom is 0.164 e. The molecule has 1 saturated carbocycles. The number of hydrogen-bond donors (Lipinski definition) is 0. The standard InChI is InChI=1S/C18H17ClFN3/c1-11(2)13-4-3-9-23-16(13)21-22-17(23)18(7-8-18)14-6-5-12(19)10-15(14)20/h3-6,9-11H,7-8H2,1-2H3. The number of benzene rings is 1. The highest BCUT2D eigenvalue weighted by Crippen LogP contribution is 2.53. The van der Waals surface area contributed by atoms with Gasteiger partial charge in [-0.1, -0.05) is 37.6 Å². The fraction of sp³-hybridized carbons (Fsp3) is 0.333. The van der Waals surface area contributed by atoms with Crippen LogP contribution in [0, 0.1) is 5.82 Å². The van der Waals surface area contributed by atoms with E-state index in [1.54, 1.807) is 12.1 Å². The normalized spacial score (nSPS) is 16.2. The molecule has 5 heteroatoms. The summed E-state index contributed by atoms with van der Waals surface area (Å²) >= 11 is 5.89. The predicted molar refractivity (Wildman–Crippen MR) is 88.5 cm³/mol. The highest BCUT2D eigenvalue weighted by molar-refractivity contribution is 6.30. The van der Waals surface area contributed by atoms with Crippen molar-refractivity contribution in [2.45, 2.75) is 38.0 Å². The van der Waals surface area contributed by atoms with Crippen molar-refractivity contribution in [1.82, 2.24) is 14.6 Å². The van der Waals surface area contributed by atoms with Crippen LogP contribution in [0.4, 0.5) is 4.39 Å². The van der Waals surface area contributed by atoms with E-state index in [1.807, 2.05) is 16.7 Å². The minimum atomic E-state index is -0.385. The molecule has 23 heavy (non-hydrogen) atoms. The zero-order valence-corrected chi connectivity index (χ0v) is 13.8. The summed E-state index contributed by atoms with van der Waals surface area (Å²) in [4.78, 5) is 0. The lowest BCUT2D eigenvalue weighted by Crippen LogP contribution is -2.15. The van der Waals surface area contributed by atoms with Gasteiger partial charge >= 0.3 is 0 Å². The SMILES string of the molecule is CC(C)c1cccn2c(C3(c4ccc(Cl)cc4F)CC3)nnc12. The summed E-state index contributed by atoms with van der Waals surface area (Å²) in [7, 11) is 0. The van der Waals surface area contributed by atoms with Gasteiger partial charge in [-0.2, -0.15) is 0 Å². The van der Waals surface area contributed by atoms with Gasteiger partial charge in [0.1, 0.15) is 11.6 Å². The summed E-state index contributed by atoms with van der Waals surface area (Å²) in [5, 5.41) is 9.22. The van der Waals surface area contributed by atoms with Crippen molar-refractivity contribution in [2.24, 2.45) is 0 Å². The zero-order valence-electron chi connectivity index (χ0n) is 13.1. The van der Waals surface area contributed by atoms with Crippen LogP contribution in [0.5, 0.6) is 0 Å². The van der Waals surface area contributed by atoms with E-state index >= 15 is 0 Å². The van der Waals surface area contributed by atoms with Crippen molar-refractivity contribution < 1.29 is 4.39 Å². The molecule has 1 aliphatic rings. The Kier molecular flexibility index (Phi) is 3.20. The molecule has 0 radical (unpaired) electrons. The first-order chi connectivity index (χ1) is 11.0. The average Bonchev–Trinajstić information content (AvgIpc) is 3.18. The van der Waals surface area contributed by atoms with Gasteiger partial charge in [0, 0.05) is 16.8 Å². The van der Waals surface area contributed by atoms with Crippen LogP contribution in [-0.2, 0) is 5.41 Å². The van der Waals surface area contributed by atoms with E-state index in [-0.39, 0.29) is 11.2 Å². The lowest BCUT2D eigenvalue weighted by molar-refractivity contribution is 0.584.